The molecule has 1 aromatic carbocycles. The fourth-order valence-electron chi connectivity index (χ4n) is 1.59. The predicted octanol–water partition coefficient (Wildman–Crippen LogP) is 2.31. The number of nitrogens with zero attached hydrogens (tertiary/aromatic N) is 3. The van der Waals surface area contributed by atoms with Crippen LogP contribution in [0.1, 0.15) is 17.4 Å². The van der Waals surface area contributed by atoms with E-state index in [1.165, 1.54) is 4.68 Å². The number of hydrogen-bond acceptors (Lipinski definition) is 4. The number of rotatable bonds is 3. The molecule has 6 heteroatoms. The molecular formula is C12H12ClN3O2. The lowest BCUT2D eigenvalue weighted by molar-refractivity contribution is 0.0514. The number of carbonyl (C=O) groups is 1. The molecule has 0 atom stereocenters. The van der Waals surface area contributed by atoms with Crippen molar-refractivity contribution in [2.45, 2.75) is 6.92 Å². The average Bonchev–Trinajstić information content (AvgIpc) is 2.72. The van der Waals surface area contributed by atoms with Crippen LogP contribution in [0.2, 0.25) is 5.02 Å². The molecule has 0 spiro atoms. The Labute approximate surface area is 109 Å². The maximum absolute atomic E-state index is 11.8. The first-order valence-corrected chi connectivity index (χ1v) is 5.84. The zero-order chi connectivity index (χ0) is 13.1. The van der Waals surface area contributed by atoms with Gasteiger partial charge in [-0.15, -0.1) is 5.10 Å². The maximum atomic E-state index is 11.8. The summed E-state index contributed by atoms with van der Waals surface area (Å²) in [5, 5.41) is 8.46. The van der Waals surface area contributed by atoms with Crippen molar-refractivity contribution in [1.29, 1.82) is 0 Å². The molecule has 0 bridgehead atoms. The second-order valence-electron chi connectivity index (χ2n) is 3.64. The predicted molar refractivity (Wildman–Crippen MR) is 67.4 cm³/mol. The van der Waals surface area contributed by atoms with Gasteiger partial charge in [-0.3, -0.25) is 0 Å². The van der Waals surface area contributed by atoms with Crippen LogP contribution in [0.15, 0.2) is 24.3 Å². The van der Waals surface area contributed by atoms with Gasteiger partial charge in [-0.1, -0.05) is 28.9 Å². The summed E-state index contributed by atoms with van der Waals surface area (Å²) >= 11 is 5.82. The summed E-state index contributed by atoms with van der Waals surface area (Å²) in [5.41, 5.74) is 1.60. The Balaban J connectivity index is 2.45. The Hall–Kier alpha value is -1.88. The first kappa shape index (κ1) is 12.6. The van der Waals surface area contributed by atoms with Gasteiger partial charge in [0.25, 0.3) is 0 Å². The van der Waals surface area contributed by atoms with Gasteiger partial charge in [0.1, 0.15) is 5.69 Å². The van der Waals surface area contributed by atoms with Crippen molar-refractivity contribution in [2.24, 2.45) is 7.05 Å². The maximum Gasteiger partial charge on any atom is 0.358 e. The van der Waals surface area contributed by atoms with Gasteiger partial charge in [0, 0.05) is 17.6 Å². The van der Waals surface area contributed by atoms with Crippen LogP contribution in [-0.2, 0) is 11.8 Å². The monoisotopic (exact) mass is 265 g/mol. The van der Waals surface area contributed by atoms with Crippen LogP contribution >= 0.6 is 11.6 Å². The van der Waals surface area contributed by atoms with Crippen molar-refractivity contribution in [2.75, 3.05) is 6.61 Å². The number of carbonyl (C=O) groups excluding carboxylic acids is 1. The second-order valence-corrected chi connectivity index (χ2v) is 4.07. The molecule has 0 amide bonds. The summed E-state index contributed by atoms with van der Waals surface area (Å²) in [4.78, 5) is 11.8. The minimum absolute atomic E-state index is 0.310. The summed E-state index contributed by atoms with van der Waals surface area (Å²) in [5.74, 6) is -0.435. The van der Waals surface area contributed by atoms with Gasteiger partial charge in [0.05, 0.1) is 6.61 Å². The van der Waals surface area contributed by atoms with E-state index in [4.69, 9.17) is 16.3 Å². The zero-order valence-corrected chi connectivity index (χ0v) is 10.8. The van der Waals surface area contributed by atoms with Crippen molar-refractivity contribution in [3.8, 4) is 11.3 Å². The first-order chi connectivity index (χ1) is 8.63. The lowest BCUT2D eigenvalue weighted by Crippen LogP contribution is -2.11. The summed E-state index contributed by atoms with van der Waals surface area (Å²) in [6.07, 6.45) is 0. The number of aryl methyl sites for hydroxylation is 1. The van der Waals surface area contributed by atoms with Gasteiger partial charge < -0.3 is 4.74 Å². The molecule has 94 valence electrons. The van der Waals surface area contributed by atoms with Gasteiger partial charge in [0.15, 0.2) is 5.69 Å². The summed E-state index contributed by atoms with van der Waals surface area (Å²) in [6, 6.07) is 7.05. The number of benzene rings is 1. The zero-order valence-electron chi connectivity index (χ0n) is 10.1. The van der Waals surface area contributed by atoms with Gasteiger partial charge in [-0.05, 0) is 19.1 Å². The van der Waals surface area contributed by atoms with Crippen molar-refractivity contribution in [3.05, 3.63) is 35.0 Å². The number of ether oxygens (including phenoxy) is 1. The minimum Gasteiger partial charge on any atom is -0.461 e. The first-order valence-electron chi connectivity index (χ1n) is 5.46. The van der Waals surface area contributed by atoms with Crippen LogP contribution in [0.3, 0.4) is 0 Å². The van der Waals surface area contributed by atoms with Crippen molar-refractivity contribution in [1.82, 2.24) is 15.0 Å². The highest BCUT2D eigenvalue weighted by molar-refractivity contribution is 6.30. The van der Waals surface area contributed by atoms with Crippen molar-refractivity contribution < 1.29 is 9.53 Å². The highest BCUT2D eigenvalue weighted by Crippen LogP contribution is 2.23. The van der Waals surface area contributed by atoms with Gasteiger partial charge in [0.2, 0.25) is 0 Å². The third kappa shape index (κ3) is 2.36. The third-order valence-electron chi connectivity index (χ3n) is 2.41. The highest BCUT2D eigenvalue weighted by Gasteiger charge is 2.20. The molecule has 0 saturated carbocycles. The fourth-order valence-corrected chi connectivity index (χ4v) is 1.71. The van der Waals surface area contributed by atoms with Crippen molar-refractivity contribution in [3.63, 3.8) is 0 Å². The minimum atomic E-state index is -0.435. The SMILES string of the molecule is CCOC(=O)c1c(-c2ccc(Cl)cc2)nnn1C. The van der Waals surface area contributed by atoms with E-state index in [1.54, 1.807) is 38.2 Å². The van der Waals surface area contributed by atoms with Crippen LogP contribution in [0.25, 0.3) is 11.3 Å². The Morgan fingerprint density at radius 2 is 2.06 bits per heavy atom. The number of aromatic nitrogens is 3. The fraction of sp³-hybridized carbons (Fsp3) is 0.250. The lowest BCUT2D eigenvalue weighted by Gasteiger charge is -2.04. The van der Waals surface area contributed by atoms with E-state index in [-0.39, 0.29) is 0 Å². The third-order valence-corrected chi connectivity index (χ3v) is 2.67. The van der Waals surface area contributed by atoms with E-state index in [9.17, 15) is 4.79 Å². The molecular weight excluding hydrogens is 254 g/mol. The molecule has 0 saturated heterocycles. The van der Waals surface area contributed by atoms with Crippen LogP contribution < -0.4 is 0 Å². The van der Waals surface area contributed by atoms with Crippen LogP contribution in [-0.4, -0.2) is 27.6 Å². The highest BCUT2D eigenvalue weighted by atomic mass is 35.5. The van der Waals surface area contributed by atoms with Crippen LogP contribution in [0.4, 0.5) is 0 Å². The molecule has 0 radical (unpaired) electrons. The largest absolute Gasteiger partial charge is 0.461 e. The summed E-state index contributed by atoms with van der Waals surface area (Å²) in [7, 11) is 1.65. The Bertz CT molecular complexity index is 563. The molecule has 0 aliphatic rings. The molecule has 0 N–H and O–H groups in total. The van der Waals surface area contributed by atoms with E-state index < -0.39 is 5.97 Å². The molecule has 5 nitrogen and oxygen atoms in total. The van der Waals surface area contributed by atoms with Gasteiger partial charge in [-0.2, -0.15) is 0 Å². The number of hydrogen-bond donors (Lipinski definition) is 0. The lowest BCUT2D eigenvalue weighted by atomic mass is 10.1. The normalized spacial score (nSPS) is 10.4. The molecule has 1 aromatic heterocycles. The smallest absolute Gasteiger partial charge is 0.358 e. The average molecular weight is 266 g/mol. The van der Waals surface area contributed by atoms with E-state index in [2.05, 4.69) is 10.3 Å². The van der Waals surface area contributed by atoms with E-state index >= 15 is 0 Å². The Morgan fingerprint density at radius 3 is 2.67 bits per heavy atom. The summed E-state index contributed by atoms with van der Waals surface area (Å²) in [6.45, 7) is 2.06. The topological polar surface area (TPSA) is 57.0 Å². The van der Waals surface area contributed by atoms with E-state index in [0.717, 1.165) is 5.56 Å². The molecule has 2 aromatic rings. The molecule has 0 aliphatic heterocycles. The standard InChI is InChI=1S/C12H12ClN3O2/c1-3-18-12(17)11-10(14-15-16(11)2)8-4-6-9(13)7-5-8/h4-7H,3H2,1-2H3. The number of halogens is 1. The Kier molecular flexibility index (Phi) is 3.62. The van der Waals surface area contributed by atoms with E-state index in [1.807, 2.05) is 0 Å². The Morgan fingerprint density at radius 1 is 1.39 bits per heavy atom. The molecule has 1 heterocycles. The molecule has 2 rings (SSSR count). The molecule has 0 unspecified atom stereocenters. The van der Waals surface area contributed by atoms with Crippen molar-refractivity contribution >= 4 is 17.6 Å². The quantitative estimate of drug-likeness (QED) is 0.799. The molecule has 0 aliphatic carbocycles. The van der Waals surface area contributed by atoms with Crippen LogP contribution in [0.5, 0.6) is 0 Å². The molecule has 18 heavy (non-hydrogen) atoms. The van der Waals surface area contributed by atoms with Gasteiger partial charge in [-0.25, -0.2) is 9.48 Å². The van der Waals surface area contributed by atoms with E-state index in [0.29, 0.717) is 23.0 Å². The molecule has 0 fully saturated rings. The summed E-state index contributed by atoms with van der Waals surface area (Å²) < 4.78 is 6.39. The van der Waals surface area contributed by atoms with Crippen LogP contribution in [0, 0.1) is 0 Å². The second kappa shape index (κ2) is 5.18. The number of esters is 1. The van der Waals surface area contributed by atoms with Gasteiger partial charge >= 0.3 is 5.97 Å².